The van der Waals surface area contributed by atoms with Crippen molar-refractivity contribution >= 4 is 23.5 Å². The van der Waals surface area contributed by atoms with Crippen molar-refractivity contribution in [3.8, 4) is 11.5 Å². The third-order valence-electron chi connectivity index (χ3n) is 4.30. The van der Waals surface area contributed by atoms with Gasteiger partial charge in [0.25, 0.3) is 0 Å². The van der Waals surface area contributed by atoms with Gasteiger partial charge in [-0.15, -0.1) is 0 Å². The van der Waals surface area contributed by atoms with Gasteiger partial charge in [-0.1, -0.05) is 19.8 Å². The van der Waals surface area contributed by atoms with Gasteiger partial charge in [-0.2, -0.15) is 5.10 Å². The molecule has 1 saturated carbocycles. The van der Waals surface area contributed by atoms with Crippen molar-refractivity contribution in [1.82, 2.24) is 10.7 Å². The lowest BCUT2D eigenvalue weighted by Gasteiger charge is -2.30. The van der Waals surface area contributed by atoms with E-state index in [1.165, 1.54) is 25.7 Å². The molecule has 0 spiro atoms. The van der Waals surface area contributed by atoms with Crippen molar-refractivity contribution in [2.75, 3.05) is 13.7 Å². The first-order valence-electron chi connectivity index (χ1n) is 8.54. The molecule has 2 rings (SSSR count). The largest absolute Gasteiger partial charge is 0.493 e. The van der Waals surface area contributed by atoms with Gasteiger partial charge in [-0.25, -0.2) is 0 Å². The highest BCUT2D eigenvalue weighted by atomic mass is 32.1. The molecular weight excluding hydrogens is 322 g/mol. The minimum absolute atomic E-state index is 0.444. The lowest BCUT2D eigenvalue weighted by Crippen LogP contribution is -2.44. The molecule has 0 bridgehead atoms. The van der Waals surface area contributed by atoms with Gasteiger partial charge < -0.3 is 14.8 Å². The summed E-state index contributed by atoms with van der Waals surface area (Å²) in [5, 5.41) is 8.15. The molecule has 1 aromatic carbocycles. The van der Waals surface area contributed by atoms with Gasteiger partial charge in [0.05, 0.1) is 19.9 Å². The molecule has 0 heterocycles. The molecule has 6 heteroatoms. The molecule has 24 heavy (non-hydrogen) atoms. The van der Waals surface area contributed by atoms with Crippen LogP contribution < -0.4 is 20.2 Å². The Balaban J connectivity index is 1.87. The number of ether oxygens (including phenoxy) is 2. The zero-order valence-electron chi connectivity index (χ0n) is 14.7. The molecule has 132 valence electrons. The normalized spacial score (nSPS) is 20.6. The Labute approximate surface area is 149 Å². The summed E-state index contributed by atoms with van der Waals surface area (Å²) in [6.45, 7) is 4.82. The van der Waals surface area contributed by atoms with Gasteiger partial charge in [0.15, 0.2) is 16.6 Å². The Hall–Kier alpha value is -1.82. The number of thiocarbonyl (C=S) groups is 1. The number of methoxy groups -OCH3 is 1. The number of nitrogens with zero attached hydrogens (tertiary/aromatic N) is 1. The third kappa shape index (κ3) is 5.37. The topological polar surface area (TPSA) is 54.9 Å². The summed E-state index contributed by atoms with van der Waals surface area (Å²) in [7, 11) is 1.63. The van der Waals surface area contributed by atoms with E-state index in [0.717, 1.165) is 11.3 Å². The quantitative estimate of drug-likeness (QED) is 0.468. The molecular formula is C18H27N3O2S. The van der Waals surface area contributed by atoms with E-state index < -0.39 is 0 Å². The summed E-state index contributed by atoms with van der Waals surface area (Å²) in [6, 6.07) is 6.14. The van der Waals surface area contributed by atoms with E-state index in [1.807, 2.05) is 25.1 Å². The van der Waals surface area contributed by atoms with Gasteiger partial charge in [0, 0.05) is 6.04 Å². The zero-order valence-corrected chi connectivity index (χ0v) is 15.5. The van der Waals surface area contributed by atoms with Gasteiger partial charge in [-0.05, 0) is 61.7 Å². The van der Waals surface area contributed by atoms with E-state index in [0.29, 0.717) is 29.4 Å². The fourth-order valence-electron chi connectivity index (χ4n) is 2.94. The standard InChI is InChI=1S/C18H27N3O2S/c1-4-23-16-10-9-14(11-17(16)22-3)12-19-21-18(24)20-15-8-6-5-7-13(15)2/h9-13,15H,4-8H2,1-3H3,(H2,20,21,24)/b19-12-/t13-,15+/m1/s1. The van der Waals surface area contributed by atoms with Crippen LogP contribution in [0.5, 0.6) is 11.5 Å². The van der Waals surface area contributed by atoms with Gasteiger partial charge >= 0.3 is 0 Å². The number of nitrogens with one attached hydrogen (secondary N) is 2. The van der Waals surface area contributed by atoms with Crippen LogP contribution in [0, 0.1) is 5.92 Å². The monoisotopic (exact) mass is 349 g/mol. The molecule has 0 radical (unpaired) electrons. The number of rotatable bonds is 6. The van der Waals surface area contributed by atoms with E-state index in [9.17, 15) is 0 Å². The van der Waals surface area contributed by atoms with Crippen LogP contribution in [0.25, 0.3) is 0 Å². The van der Waals surface area contributed by atoms with Crippen LogP contribution >= 0.6 is 12.2 Å². The lowest BCUT2D eigenvalue weighted by atomic mass is 9.86. The molecule has 0 aromatic heterocycles. The molecule has 0 saturated heterocycles. The van der Waals surface area contributed by atoms with Crippen LogP contribution in [0.3, 0.4) is 0 Å². The van der Waals surface area contributed by atoms with Crippen LogP contribution in [-0.2, 0) is 0 Å². The fraction of sp³-hybridized carbons (Fsp3) is 0.556. The van der Waals surface area contributed by atoms with E-state index >= 15 is 0 Å². The minimum atomic E-state index is 0.444. The Bertz CT molecular complexity index is 577. The van der Waals surface area contributed by atoms with E-state index in [-0.39, 0.29) is 0 Å². The Morgan fingerprint density at radius 2 is 2.12 bits per heavy atom. The maximum atomic E-state index is 5.50. The number of hydrazone groups is 1. The number of benzene rings is 1. The second kappa shape index (κ2) is 9.47. The van der Waals surface area contributed by atoms with Crippen LogP contribution in [0.15, 0.2) is 23.3 Å². The van der Waals surface area contributed by atoms with Crippen LogP contribution in [-0.4, -0.2) is 31.1 Å². The molecule has 0 unspecified atom stereocenters. The predicted molar refractivity (Wildman–Crippen MR) is 102 cm³/mol. The molecule has 0 amide bonds. The van der Waals surface area contributed by atoms with Crippen molar-refractivity contribution < 1.29 is 9.47 Å². The molecule has 1 aliphatic carbocycles. The van der Waals surface area contributed by atoms with Gasteiger partial charge in [0.1, 0.15) is 0 Å². The highest BCUT2D eigenvalue weighted by Crippen LogP contribution is 2.27. The fourth-order valence-corrected chi connectivity index (χ4v) is 3.14. The first kappa shape index (κ1) is 18.5. The van der Waals surface area contributed by atoms with Crippen LogP contribution in [0.4, 0.5) is 0 Å². The number of hydrogen-bond donors (Lipinski definition) is 2. The summed E-state index contributed by atoms with van der Waals surface area (Å²) in [5.41, 5.74) is 3.81. The van der Waals surface area contributed by atoms with E-state index in [2.05, 4.69) is 22.8 Å². The predicted octanol–water partition coefficient (Wildman–Crippen LogP) is 3.47. The zero-order chi connectivity index (χ0) is 17.4. The van der Waals surface area contributed by atoms with Crippen LogP contribution in [0.2, 0.25) is 0 Å². The highest BCUT2D eigenvalue weighted by molar-refractivity contribution is 7.80. The minimum Gasteiger partial charge on any atom is -0.493 e. The molecule has 2 N–H and O–H groups in total. The SMILES string of the molecule is CCOc1ccc(/C=N\NC(=S)N[C@H]2CCCC[C@H]2C)cc1OC. The van der Waals surface area contributed by atoms with Gasteiger partial charge in [-0.3, -0.25) is 5.43 Å². The average molecular weight is 350 g/mol. The molecule has 1 aliphatic rings. The van der Waals surface area contributed by atoms with E-state index in [4.69, 9.17) is 21.7 Å². The second-order valence-electron chi connectivity index (χ2n) is 6.06. The summed E-state index contributed by atoms with van der Waals surface area (Å²) >= 11 is 5.33. The molecule has 2 atom stereocenters. The smallest absolute Gasteiger partial charge is 0.187 e. The second-order valence-corrected chi connectivity index (χ2v) is 6.46. The van der Waals surface area contributed by atoms with Crippen LogP contribution in [0.1, 0.15) is 45.1 Å². The van der Waals surface area contributed by atoms with Gasteiger partial charge in [0.2, 0.25) is 0 Å². The molecule has 5 nitrogen and oxygen atoms in total. The molecule has 1 aromatic rings. The van der Waals surface area contributed by atoms with Crippen molar-refractivity contribution in [2.24, 2.45) is 11.0 Å². The first-order chi connectivity index (χ1) is 11.6. The summed E-state index contributed by atoms with van der Waals surface area (Å²) in [4.78, 5) is 0. The average Bonchev–Trinajstić information content (AvgIpc) is 2.58. The summed E-state index contributed by atoms with van der Waals surface area (Å²) < 4.78 is 10.8. The van der Waals surface area contributed by atoms with E-state index in [1.54, 1.807) is 13.3 Å². The van der Waals surface area contributed by atoms with Crippen molar-refractivity contribution in [2.45, 2.75) is 45.6 Å². The Morgan fingerprint density at radius 1 is 1.33 bits per heavy atom. The summed E-state index contributed by atoms with van der Waals surface area (Å²) in [5.74, 6) is 2.07. The first-order valence-corrected chi connectivity index (χ1v) is 8.95. The Kier molecular flexibility index (Phi) is 7.31. The van der Waals surface area contributed by atoms with Crippen molar-refractivity contribution in [1.29, 1.82) is 0 Å². The molecule has 1 fully saturated rings. The number of hydrogen-bond acceptors (Lipinski definition) is 4. The maximum Gasteiger partial charge on any atom is 0.187 e. The maximum absolute atomic E-state index is 5.50. The highest BCUT2D eigenvalue weighted by Gasteiger charge is 2.21. The lowest BCUT2D eigenvalue weighted by molar-refractivity contribution is 0.308. The van der Waals surface area contributed by atoms with Crippen molar-refractivity contribution in [3.05, 3.63) is 23.8 Å². The summed E-state index contributed by atoms with van der Waals surface area (Å²) in [6.07, 6.45) is 6.73. The molecule has 0 aliphatic heterocycles. The Morgan fingerprint density at radius 3 is 2.83 bits per heavy atom. The third-order valence-corrected chi connectivity index (χ3v) is 4.50. The van der Waals surface area contributed by atoms with Crippen molar-refractivity contribution in [3.63, 3.8) is 0 Å².